The standard InChI is InChI=1S/C11H13NO2/c1-7-8(2)14-10-6-4-3-5-9(10)11(13)12-7/h3-8H,1-2H3,(H,12,13). The molecule has 2 unspecified atom stereocenters. The third kappa shape index (κ3) is 1.45. The van der Waals surface area contributed by atoms with E-state index >= 15 is 0 Å². The second-order valence-electron chi connectivity index (χ2n) is 3.58. The minimum atomic E-state index is -0.0579. The summed E-state index contributed by atoms with van der Waals surface area (Å²) >= 11 is 0. The summed E-state index contributed by atoms with van der Waals surface area (Å²) in [6, 6.07) is 7.34. The normalized spacial score (nSPS) is 25.7. The predicted octanol–water partition coefficient (Wildman–Crippen LogP) is 1.59. The SMILES string of the molecule is CC1NC(=O)c2ccccc2OC1C. The Balaban J connectivity index is 2.43. The van der Waals surface area contributed by atoms with Gasteiger partial charge in [0.2, 0.25) is 0 Å². The van der Waals surface area contributed by atoms with Crippen molar-refractivity contribution in [2.24, 2.45) is 0 Å². The Morgan fingerprint density at radius 3 is 2.79 bits per heavy atom. The summed E-state index contributed by atoms with van der Waals surface area (Å²) in [6.45, 7) is 3.89. The number of ether oxygens (including phenoxy) is 1. The molecule has 1 heterocycles. The summed E-state index contributed by atoms with van der Waals surface area (Å²) in [4.78, 5) is 11.7. The van der Waals surface area contributed by atoms with E-state index in [1.54, 1.807) is 6.07 Å². The number of hydrogen-bond acceptors (Lipinski definition) is 2. The molecule has 14 heavy (non-hydrogen) atoms. The highest BCUT2D eigenvalue weighted by atomic mass is 16.5. The Morgan fingerprint density at radius 1 is 1.29 bits per heavy atom. The minimum Gasteiger partial charge on any atom is -0.488 e. The van der Waals surface area contributed by atoms with Crippen LogP contribution in [0.25, 0.3) is 0 Å². The first-order valence-electron chi connectivity index (χ1n) is 4.75. The maximum atomic E-state index is 11.7. The Kier molecular flexibility index (Phi) is 2.15. The lowest BCUT2D eigenvalue weighted by atomic mass is 10.2. The number of para-hydroxylation sites is 1. The van der Waals surface area contributed by atoms with E-state index in [0.29, 0.717) is 11.3 Å². The molecular weight excluding hydrogens is 178 g/mol. The molecule has 2 atom stereocenters. The van der Waals surface area contributed by atoms with Crippen molar-refractivity contribution in [3.05, 3.63) is 29.8 Å². The van der Waals surface area contributed by atoms with Crippen LogP contribution in [0, 0.1) is 0 Å². The molecule has 0 spiro atoms. The van der Waals surface area contributed by atoms with E-state index < -0.39 is 0 Å². The van der Waals surface area contributed by atoms with Crippen LogP contribution in [-0.4, -0.2) is 18.1 Å². The molecule has 0 aromatic heterocycles. The van der Waals surface area contributed by atoms with Gasteiger partial charge in [-0.25, -0.2) is 0 Å². The zero-order chi connectivity index (χ0) is 10.1. The van der Waals surface area contributed by atoms with Gasteiger partial charge in [-0.2, -0.15) is 0 Å². The fourth-order valence-corrected chi connectivity index (χ4v) is 1.46. The van der Waals surface area contributed by atoms with Gasteiger partial charge in [-0.1, -0.05) is 12.1 Å². The number of nitrogens with one attached hydrogen (secondary N) is 1. The molecule has 1 aliphatic rings. The molecule has 0 radical (unpaired) electrons. The van der Waals surface area contributed by atoms with Crippen LogP contribution in [-0.2, 0) is 0 Å². The fraction of sp³-hybridized carbons (Fsp3) is 0.364. The van der Waals surface area contributed by atoms with Gasteiger partial charge in [-0.3, -0.25) is 4.79 Å². The van der Waals surface area contributed by atoms with E-state index in [0.717, 1.165) is 0 Å². The topological polar surface area (TPSA) is 38.3 Å². The number of benzene rings is 1. The average Bonchev–Trinajstić information content (AvgIpc) is 2.27. The maximum Gasteiger partial charge on any atom is 0.255 e. The number of carbonyl (C=O) groups is 1. The largest absolute Gasteiger partial charge is 0.488 e. The van der Waals surface area contributed by atoms with Crippen molar-refractivity contribution < 1.29 is 9.53 Å². The highest BCUT2D eigenvalue weighted by Crippen LogP contribution is 2.22. The van der Waals surface area contributed by atoms with Crippen molar-refractivity contribution in [3.63, 3.8) is 0 Å². The Hall–Kier alpha value is -1.51. The number of carbonyl (C=O) groups excluding carboxylic acids is 1. The molecule has 0 bridgehead atoms. The lowest BCUT2D eigenvalue weighted by Gasteiger charge is -2.17. The van der Waals surface area contributed by atoms with E-state index in [9.17, 15) is 4.79 Å². The first-order chi connectivity index (χ1) is 6.68. The molecule has 0 saturated heterocycles. The van der Waals surface area contributed by atoms with Crippen molar-refractivity contribution in [2.45, 2.75) is 26.0 Å². The van der Waals surface area contributed by atoms with Crippen LogP contribution in [0.3, 0.4) is 0 Å². The van der Waals surface area contributed by atoms with Crippen LogP contribution in [0.5, 0.6) is 5.75 Å². The summed E-state index contributed by atoms with van der Waals surface area (Å²) in [5.41, 5.74) is 0.615. The fourth-order valence-electron chi connectivity index (χ4n) is 1.46. The molecule has 1 aromatic rings. The second-order valence-corrected chi connectivity index (χ2v) is 3.58. The minimum absolute atomic E-state index is 0.00241. The molecule has 74 valence electrons. The number of rotatable bonds is 0. The van der Waals surface area contributed by atoms with Crippen molar-refractivity contribution in [1.82, 2.24) is 5.32 Å². The molecule has 0 aliphatic carbocycles. The molecule has 1 aliphatic heterocycles. The van der Waals surface area contributed by atoms with Crippen LogP contribution in [0.4, 0.5) is 0 Å². The first-order valence-corrected chi connectivity index (χ1v) is 4.75. The molecular formula is C11H13NO2. The van der Waals surface area contributed by atoms with E-state index in [2.05, 4.69) is 5.32 Å². The lowest BCUT2D eigenvalue weighted by molar-refractivity contribution is 0.0928. The monoisotopic (exact) mass is 191 g/mol. The summed E-state index contributed by atoms with van der Waals surface area (Å²) in [5.74, 6) is 0.610. The first kappa shape index (κ1) is 9.06. The third-order valence-corrected chi connectivity index (χ3v) is 2.51. The van der Waals surface area contributed by atoms with Gasteiger partial charge >= 0.3 is 0 Å². The Labute approximate surface area is 83.1 Å². The highest BCUT2D eigenvalue weighted by molar-refractivity contribution is 5.97. The van der Waals surface area contributed by atoms with Gasteiger partial charge < -0.3 is 10.1 Å². The maximum absolute atomic E-state index is 11.7. The van der Waals surface area contributed by atoms with Gasteiger partial charge in [-0.15, -0.1) is 0 Å². The molecule has 3 heteroatoms. The quantitative estimate of drug-likeness (QED) is 0.676. The van der Waals surface area contributed by atoms with E-state index in [4.69, 9.17) is 4.74 Å². The summed E-state index contributed by atoms with van der Waals surface area (Å²) in [5, 5.41) is 2.88. The van der Waals surface area contributed by atoms with E-state index in [1.165, 1.54) is 0 Å². The molecule has 0 saturated carbocycles. The third-order valence-electron chi connectivity index (χ3n) is 2.51. The van der Waals surface area contributed by atoms with Gasteiger partial charge in [0, 0.05) is 0 Å². The van der Waals surface area contributed by atoms with Gasteiger partial charge in [0.15, 0.2) is 0 Å². The van der Waals surface area contributed by atoms with E-state index in [1.807, 2.05) is 32.0 Å². The van der Waals surface area contributed by atoms with Crippen molar-refractivity contribution >= 4 is 5.91 Å². The predicted molar refractivity (Wildman–Crippen MR) is 53.5 cm³/mol. The Morgan fingerprint density at radius 2 is 2.00 bits per heavy atom. The van der Waals surface area contributed by atoms with Crippen molar-refractivity contribution in [2.75, 3.05) is 0 Å². The van der Waals surface area contributed by atoms with Crippen molar-refractivity contribution in [1.29, 1.82) is 0 Å². The van der Waals surface area contributed by atoms with Crippen LogP contribution in [0.15, 0.2) is 24.3 Å². The van der Waals surface area contributed by atoms with Crippen molar-refractivity contribution in [3.8, 4) is 5.75 Å². The van der Waals surface area contributed by atoms with Crippen LogP contribution < -0.4 is 10.1 Å². The van der Waals surface area contributed by atoms with Gasteiger partial charge in [0.25, 0.3) is 5.91 Å². The summed E-state index contributed by atoms with van der Waals surface area (Å²) < 4.78 is 5.66. The van der Waals surface area contributed by atoms with E-state index in [-0.39, 0.29) is 18.1 Å². The van der Waals surface area contributed by atoms with Gasteiger partial charge in [0.05, 0.1) is 11.6 Å². The summed E-state index contributed by atoms with van der Waals surface area (Å²) in [7, 11) is 0. The lowest BCUT2D eigenvalue weighted by Crippen LogP contribution is -2.39. The second kappa shape index (κ2) is 3.33. The Bertz CT molecular complexity index is 362. The number of hydrogen-bond donors (Lipinski definition) is 1. The molecule has 2 rings (SSSR count). The molecule has 1 amide bonds. The summed E-state index contributed by atoms with van der Waals surface area (Å²) in [6.07, 6.45) is 0.00241. The average molecular weight is 191 g/mol. The molecule has 1 N–H and O–H groups in total. The number of amides is 1. The van der Waals surface area contributed by atoms with Crippen LogP contribution >= 0.6 is 0 Å². The van der Waals surface area contributed by atoms with Gasteiger partial charge in [-0.05, 0) is 26.0 Å². The molecule has 3 nitrogen and oxygen atoms in total. The van der Waals surface area contributed by atoms with Crippen LogP contribution in [0.1, 0.15) is 24.2 Å². The zero-order valence-corrected chi connectivity index (χ0v) is 8.28. The molecule has 0 fully saturated rings. The van der Waals surface area contributed by atoms with Crippen LogP contribution in [0.2, 0.25) is 0 Å². The number of fused-ring (bicyclic) bond motifs is 1. The highest BCUT2D eigenvalue weighted by Gasteiger charge is 2.24. The van der Waals surface area contributed by atoms with Gasteiger partial charge in [0.1, 0.15) is 11.9 Å². The molecule has 1 aromatic carbocycles. The smallest absolute Gasteiger partial charge is 0.255 e. The zero-order valence-electron chi connectivity index (χ0n) is 8.28.